The van der Waals surface area contributed by atoms with E-state index >= 15 is 0 Å². The molecule has 3 heteroatoms. The van der Waals surface area contributed by atoms with Crippen molar-refractivity contribution < 1.29 is 8.83 Å². The maximum Gasteiger partial charge on any atom is 0.147 e. The molecule has 0 aliphatic rings. The lowest BCUT2D eigenvalue weighted by Gasteiger charge is -1.93. The smallest absolute Gasteiger partial charge is 0.147 e. The molecule has 7 aromatic rings. The summed E-state index contributed by atoms with van der Waals surface area (Å²) in [6.07, 6.45) is 0. The Hall–Kier alpha value is -3.72. The highest BCUT2D eigenvalue weighted by Gasteiger charge is 2.18. The lowest BCUT2D eigenvalue weighted by Crippen LogP contribution is -1.70. The van der Waals surface area contributed by atoms with Gasteiger partial charge in [0, 0.05) is 27.1 Å². The van der Waals surface area contributed by atoms with Crippen molar-refractivity contribution in [3.05, 3.63) is 72.8 Å². The van der Waals surface area contributed by atoms with Crippen LogP contribution in [0, 0.1) is 0 Å². The highest BCUT2D eigenvalue weighted by Crippen LogP contribution is 2.42. The van der Waals surface area contributed by atoms with Crippen LogP contribution in [0.5, 0.6) is 0 Å². The molecular weight excluding hydrogens is 334 g/mol. The van der Waals surface area contributed by atoms with Gasteiger partial charge in [0.15, 0.2) is 0 Å². The first-order valence-electron chi connectivity index (χ1n) is 9.04. The van der Waals surface area contributed by atoms with Crippen molar-refractivity contribution in [3.63, 3.8) is 0 Å². The van der Waals surface area contributed by atoms with E-state index < -0.39 is 0 Å². The fourth-order valence-electron chi connectivity index (χ4n) is 4.43. The summed E-state index contributed by atoms with van der Waals surface area (Å²) in [6.45, 7) is 0. The van der Waals surface area contributed by atoms with E-state index in [0.29, 0.717) is 0 Å². The van der Waals surface area contributed by atoms with E-state index in [1.54, 1.807) is 0 Å². The number of H-pyrrole nitrogens is 1. The van der Waals surface area contributed by atoms with Gasteiger partial charge in [-0.15, -0.1) is 0 Å². The Balaban J connectivity index is 1.78. The quantitative estimate of drug-likeness (QED) is 0.317. The van der Waals surface area contributed by atoms with Crippen molar-refractivity contribution in [2.75, 3.05) is 0 Å². The number of benzene rings is 4. The highest BCUT2D eigenvalue weighted by atomic mass is 16.3. The Kier molecular flexibility index (Phi) is 2.25. The molecule has 1 N–H and O–H groups in total. The Morgan fingerprint density at radius 3 is 2.15 bits per heavy atom. The molecule has 0 saturated heterocycles. The average molecular weight is 347 g/mol. The Bertz CT molecular complexity index is 1550. The molecule has 3 aromatic heterocycles. The third-order valence-electron chi connectivity index (χ3n) is 5.61. The predicted octanol–water partition coefficient (Wildman–Crippen LogP) is 7.12. The molecule has 0 amide bonds. The van der Waals surface area contributed by atoms with E-state index in [2.05, 4.69) is 53.5 Å². The van der Waals surface area contributed by atoms with Crippen molar-refractivity contribution in [1.82, 2.24) is 4.98 Å². The van der Waals surface area contributed by atoms with Gasteiger partial charge in [0.2, 0.25) is 0 Å². The standard InChI is InChI=1S/C24H13NO2/c1-3-7-17-15(5-1)21-18(25-17)11-9-13-14-10-12-20-22(24(14)27-23(13)21)16-6-2-4-8-19(16)26-20/h1-12,25H. The van der Waals surface area contributed by atoms with Crippen molar-refractivity contribution in [3.8, 4) is 0 Å². The summed E-state index contributed by atoms with van der Waals surface area (Å²) >= 11 is 0. The van der Waals surface area contributed by atoms with Gasteiger partial charge in [0.1, 0.15) is 22.3 Å². The minimum atomic E-state index is 0.859. The van der Waals surface area contributed by atoms with Gasteiger partial charge in [-0.25, -0.2) is 0 Å². The van der Waals surface area contributed by atoms with Crippen LogP contribution in [0.15, 0.2) is 81.6 Å². The van der Waals surface area contributed by atoms with E-state index in [9.17, 15) is 0 Å². The van der Waals surface area contributed by atoms with Gasteiger partial charge in [0.25, 0.3) is 0 Å². The zero-order valence-electron chi connectivity index (χ0n) is 14.2. The maximum absolute atomic E-state index is 6.53. The van der Waals surface area contributed by atoms with E-state index in [4.69, 9.17) is 8.83 Å². The molecule has 0 unspecified atom stereocenters. The molecular formula is C24H13NO2. The summed E-state index contributed by atoms with van der Waals surface area (Å²) in [5.41, 5.74) is 5.79. The minimum absolute atomic E-state index is 0.859. The van der Waals surface area contributed by atoms with Gasteiger partial charge in [-0.2, -0.15) is 0 Å². The normalized spacial score (nSPS) is 12.4. The van der Waals surface area contributed by atoms with E-state index in [1.165, 1.54) is 5.39 Å². The molecule has 0 aliphatic heterocycles. The van der Waals surface area contributed by atoms with Crippen LogP contribution in [0.4, 0.5) is 0 Å². The third kappa shape index (κ3) is 1.57. The first-order valence-corrected chi connectivity index (χ1v) is 9.04. The molecule has 0 atom stereocenters. The third-order valence-corrected chi connectivity index (χ3v) is 5.61. The number of para-hydroxylation sites is 2. The van der Waals surface area contributed by atoms with Crippen LogP contribution in [0.1, 0.15) is 0 Å². The topological polar surface area (TPSA) is 42.1 Å². The van der Waals surface area contributed by atoms with Crippen molar-refractivity contribution >= 4 is 65.7 Å². The SMILES string of the molecule is c1ccc2c(c1)[nH]c1ccc3c4ccc5oc6ccccc6c5c4oc3c12. The molecule has 0 saturated carbocycles. The fourth-order valence-corrected chi connectivity index (χ4v) is 4.43. The number of aromatic nitrogens is 1. The Labute approximate surface area is 152 Å². The molecule has 0 fully saturated rings. The minimum Gasteiger partial charge on any atom is -0.456 e. The van der Waals surface area contributed by atoms with Gasteiger partial charge >= 0.3 is 0 Å². The van der Waals surface area contributed by atoms with Crippen molar-refractivity contribution in [1.29, 1.82) is 0 Å². The summed E-state index contributed by atoms with van der Waals surface area (Å²) < 4.78 is 12.6. The zero-order chi connectivity index (χ0) is 17.5. The molecule has 0 aliphatic carbocycles. The summed E-state index contributed by atoms with van der Waals surface area (Å²) in [7, 11) is 0. The lowest BCUT2D eigenvalue weighted by atomic mass is 10.1. The number of fused-ring (bicyclic) bond motifs is 11. The second-order valence-corrected chi connectivity index (χ2v) is 7.05. The number of furan rings is 2. The summed E-state index contributed by atoms with van der Waals surface area (Å²) in [5, 5.41) is 6.72. The van der Waals surface area contributed by atoms with Gasteiger partial charge in [0.05, 0.1) is 16.3 Å². The van der Waals surface area contributed by atoms with Crippen molar-refractivity contribution in [2.24, 2.45) is 0 Å². The second-order valence-electron chi connectivity index (χ2n) is 7.05. The second kappa shape index (κ2) is 4.51. The molecule has 126 valence electrons. The summed E-state index contributed by atoms with van der Waals surface area (Å²) in [6, 6.07) is 24.9. The lowest BCUT2D eigenvalue weighted by molar-refractivity contribution is 0.664. The first-order chi connectivity index (χ1) is 13.4. The number of rotatable bonds is 0. The van der Waals surface area contributed by atoms with E-state index in [0.717, 1.165) is 60.3 Å². The van der Waals surface area contributed by atoms with Crippen LogP contribution in [-0.2, 0) is 0 Å². The van der Waals surface area contributed by atoms with Crippen LogP contribution in [-0.4, -0.2) is 4.98 Å². The van der Waals surface area contributed by atoms with E-state index in [1.807, 2.05) is 24.3 Å². The van der Waals surface area contributed by atoms with Crippen LogP contribution < -0.4 is 0 Å². The number of hydrogen-bond acceptors (Lipinski definition) is 2. The number of aromatic amines is 1. The fraction of sp³-hybridized carbons (Fsp3) is 0. The Morgan fingerprint density at radius 2 is 1.22 bits per heavy atom. The molecule has 0 radical (unpaired) electrons. The van der Waals surface area contributed by atoms with Crippen LogP contribution in [0.2, 0.25) is 0 Å². The highest BCUT2D eigenvalue weighted by molar-refractivity contribution is 6.27. The molecule has 4 aromatic carbocycles. The van der Waals surface area contributed by atoms with Gasteiger partial charge in [-0.1, -0.05) is 36.4 Å². The molecule has 0 spiro atoms. The molecule has 7 rings (SSSR count). The number of hydrogen-bond donors (Lipinski definition) is 1. The summed E-state index contributed by atoms with van der Waals surface area (Å²) in [5.74, 6) is 0. The summed E-state index contributed by atoms with van der Waals surface area (Å²) in [4.78, 5) is 3.50. The van der Waals surface area contributed by atoms with Crippen LogP contribution in [0.3, 0.4) is 0 Å². The molecule has 3 nitrogen and oxygen atoms in total. The zero-order valence-corrected chi connectivity index (χ0v) is 14.2. The number of nitrogens with one attached hydrogen (secondary N) is 1. The molecule has 27 heavy (non-hydrogen) atoms. The maximum atomic E-state index is 6.53. The monoisotopic (exact) mass is 347 g/mol. The molecule has 0 bridgehead atoms. The average Bonchev–Trinajstić information content (AvgIpc) is 3.37. The van der Waals surface area contributed by atoms with Gasteiger partial charge < -0.3 is 13.8 Å². The van der Waals surface area contributed by atoms with Crippen LogP contribution >= 0.6 is 0 Å². The largest absolute Gasteiger partial charge is 0.456 e. The molecule has 3 heterocycles. The Morgan fingerprint density at radius 1 is 0.481 bits per heavy atom. The van der Waals surface area contributed by atoms with Gasteiger partial charge in [-0.05, 0) is 36.4 Å². The van der Waals surface area contributed by atoms with Gasteiger partial charge in [-0.3, -0.25) is 0 Å². The van der Waals surface area contributed by atoms with Crippen molar-refractivity contribution in [2.45, 2.75) is 0 Å². The van der Waals surface area contributed by atoms with Crippen LogP contribution in [0.25, 0.3) is 65.7 Å². The first kappa shape index (κ1) is 13.5. The predicted molar refractivity (Wildman–Crippen MR) is 110 cm³/mol. The van der Waals surface area contributed by atoms with E-state index in [-0.39, 0.29) is 0 Å².